The number of alkyl halides is 3. The number of hydrogen-bond donors (Lipinski definition) is 0. The van der Waals surface area contributed by atoms with Crippen molar-refractivity contribution in [2.75, 3.05) is 0 Å². The molecule has 3 heteroatoms. The van der Waals surface area contributed by atoms with Gasteiger partial charge in [0.05, 0.1) is 5.92 Å². The zero-order chi connectivity index (χ0) is 14.6. The Morgan fingerprint density at radius 2 is 1.50 bits per heavy atom. The van der Waals surface area contributed by atoms with Crippen molar-refractivity contribution in [3.63, 3.8) is 0 Å². The van der Waals surface area contributed by atoms with E-state index in [0.29, 0.717) is 12.0 Å². The highest BCUT2D eigenvalue weighted by molar-refractivity contribution is 5.26. The standard InChI is InChI=1S/C17H17F3/c1-13-7-10-15(11-8-13)16(17(18,19)20)12-9-14-5-3-2-4-6-14/h2-8,10-11,16H,9,12H2,1H3. The molecule has 0 saturated heterocycles. The first kappa shape index (κ1) is 14.6. The average molecular weight is 278 g/mol. The van der Waals surface area contributed by atoms with E-state index in [-0.39, 0.29) is 6.42 Å². The Labute approximate surface area is 117 Å². The van der Waals surface area contributed by atoms with E-state index >= 15 is 0 Å². The van der Waals surface area contributed by atoms with Gasteiger partial charge in [0.2, 0.25) is 0 Å². The van der Waals surface area contributed by atoms with Gasteiger partial charge in [-0.3, -0.25) is 0 Å². The molecule has 2 rings (SSSR count). The summed E-state index contributed by atoms with van der Waals surface area (Å²) >= 11 is 0. The minimum atomic E-state index is -4.20. The Hall–Kier alpha value is -1.77. The summed E-state index contributed by atoms with van der Waals surface area (Å²) in [6.45, 7) is 1.87. The Bertz CT molecular complexity index is 526. The second kappa shape index (κ2) is 6.12. The fraction of sp³-hybridized carbons (Fsp3) is 0.294. The van der Waals surface area contributed by atoms with Gasteiger partial charge >= 0.3 is 6.18 Å². The van der Waals surface area contributed by atoms with Gasteiger partial charge < -0.3 is 0 Å². The maximum Gasteiger partial charge on any atom is 0.395 e. The summed E-state index contributed by atoms with van der Waals surface area (Å²) in [7, 11) is 0. The molecule has 1 unspecified atom stereocenters. The highest BCUT2D eigenvalue weighted by Gasteiger charge is 2.40. The van der Waals surface area contributed by atoms with Gasteiger partial charge in [0.1, 0.15) is 0 Å². The number of rotatable bonds is 4. The zero-order valence-corrected chi connectivity index (χ0v) is 11.3. The number of halogens is 3. The first-order valence-corrected chi connectivity index (χ1v) is 6.64. The van der Waals surface area contributed by atoms with Crippen LogP contribution in [0.15, 0.2) is 54.6 Å². The Morgan fingerprint density at radius 3 is 2.05 bits per heavy atom. The lowest BCUT2D eigenvalue weighted by molar-refractivity contribution is -0.151. The van der Waals surface area contributed by atoms with Crippen LogP contribution in [0.3, 0.4) is 0 Å². The van der Waals surface area contributed by atoms with Crippen LogP contribution >= 0.6 is 0 Å². The molecule has 0 N–H and O–H groups in total. The zero-order valence-electron chi connectivity index (χ0n) is 11.3. The van der Waals surface area contributed by atoms with Gasteiger partial charge in [-0.2, -0.15) is 13.2 Å². The van der Waals surface area contributed by atoms with Crippen LogP contribution in [0.25, 0.3) is 0 Å². The molecule has 0 fully saturated rings. The van der Waals surface area contributed by atoms with Crippen LogP contribution in [0.4, 0.5) is 13.2 Å². The molecule has 0 amide bonds. The molecule has 0 aliphatic carbocycles. The minimum absolute atomic E-state index is 0.0799. The molecular weight excluding hydrogens is 261 g/mol. The molecule has 0 saturated carbocycles. The molecule has 0 aromatic heterocycles. The van der Waals surface area contributed by atoms with E-state index in [1.165, 1.54) is 0 Å². The van der Waals surface area contributed by atoms with Crippen molar-refractivity contribution in [1.29, 1.82) is 0 Å². The highest BCUT2D eigenvalue weighted by Crippen LogP contribution is 2.38. The monoisotopic (exact) mass is 278 g/mol. The molecule has 106 valence electrons. The quantitative estimate of drug-likeness (QED) is 0.714. The van der Waals surface area contributed by atoms with Gasteiger partial charge in [-0.1, -0.05) is 60.2 Å². The van der Waals surface area contributed by atoms with Gasteiger partial charge in [0.25, 0.3) is 0 Å². The third-order valence-corrected chi connectivity index (χ3v) is 3.44. The molecule has 0 aliphatic heterocycles. The first-order chi connectivity index (χ1) is 9.47. The van der Waals surface area contributed by atoms with E-state index in [9.17, 15) is 13.2 Å². The van der Waals surface area contributed by atoms with Crippen LogP contribution in [0.2, 0.25) is 0 Å². The van der Waals surface area contributed by atoms with Crippen LogP contribution < -0.4 is 0 Å². The maximum atomic E-state index is 13.2. The summed E-state index contributed by atoms with van der Waals surface area (Å²) in [6, 6.07) is 15.9. The Balaban J connectivity index is 2.14. The number of hydrogen-bond acceptors (Lipinski definition) is 0. The van der Waals surface area contributed by atoms with Crippen LogP contribution in [0, 0.1) is 6.92 Å². The van der Waals surface area contributed by atoms with E-state index in [1.54, 1.807) is 24.3 Å². The molecule has 20 heavy (non-hydrogen) atoms. The van der Waals surface area contributed by atoms with Crippen molar-refractivity contribution < 1.29 is 13.2 Å². The highest BCUT2D eigenvalue weighted by atomic mass is 19.4. The lowest BCUT2D eigenvalue weighted by Crippen LogP contribution is -2.21. The van der Waals surface area contributed by atoms with Crippen LogP contribution in [0.1, 0.15) is 29.0 Å². The Morgan fingerprint density at radius 1 is 0.900 bits per heavy atom. The lowest BCUT2D eigenvalue weighted by atomic mass is 9.91. The number of benzene rings is 2. The van der Waals surface area contributed by atoms with E-state index in [1.807, 2.05) is 37.3 Å². The summed E-state index contributed by atoms with van der Waals surface area (Å²) in [6.07, 6.45) is -3.69. The second-order valence-electron chi connectivity index (χ2n) is 5.03. The second-order valence-corrected chi connectivity index (χ2v) is 5.03. The van der Waals surface area contributed by atoms with Gasteiger partial charge in [0, 0.05) is 0 Å². The predicted octanol–water partition coefficient (Wildman–Crippen LogP) is 5.27. The summed E-state index contributed by atoms with van der Waals surface area (Å²) in [5, 5.41) is 0. The van der Waals surface area contributed by atoms with Crippen LogP contribution in [-0.2, 0) is 6.42 Å². The summed E-state index contributed by atoms with van der Waals surface area (Å²) in [5.41, 5.74) is 2.26. The van der Waals surface area contributed by atoms with E-state index in [2.05, 4.69) is 0 Å². The molecule has 2 aromatic carbocycles. The third kappa shape index (κ3) is 3.86. The summed E-state index contributed by atoms with van der Waals surface area (Å²) < 4.78 is 39.6. The fourth-order valence-corrected chi connectivity index (χ4v) is 2.27. The maximum absolute atomic E-state index is 13.2. The minimum Gasteiger partial charge on any atom is -0.170 e. The molecule has 0 aliphatic rings. The first-order valence-electron chi connectivity index (χ1n) is 6.64. The lowest BCUT2D eigenvalue weighted by Gasteiger charge is -2.21. The van der Waals surface area contributed by atoms with Crippen LogP contribution in [0.5, 0.6) is 0 Å². The molecular formula is C17H17F3. The SMILES string of the molecule is Cc1ccc(C(CCc2ccccc2)C(F)(F)F)cc1. The van der Waals surface area contributed by atoms with Gasteiger partial charge in [-0.25, -0.2) is 0 Å². The van der Waals surface area contributed by atoms with Crippen molar-refractivity contribution in [3.05, 3.63) is 71.3 Å². The molecule has 1 atom stereocenters. The summed E-state index contributed by atoms with van der Waals surface area (Å²) in [5.74, 6) is -1.40. The molecule has 0 spiro atoms. The van der Waals surface area contributed by atoms with E-state index in [0.717, 1.165) is 11.1 Å². The Kier molecular flexibility index (Phi) is 4.48. The topological polar surface area (TPSA) is 0 Å². The molecule has 0 nitrogen and oxygen atoms in total. The van der Waals surface area contributed by atoms with Crippen molar-refractivity contribution in [3.8, 4) is 0 Å². The van der Waals surface area contributed by atoms with E-state index < -0.39 is 12.1 Å². The predicted molar refractivity (Wildman–Crippen MR) is 74.7 cm³/mol. The number of aryl methyl sites for hydroxylation is 2. The van der Waals surface area contributed by atoms with Crippen molar-refractivity contribution in [1.82, 2.24) is 0 Å². The average Bonchev–Trinajstić information content (AvgIpc) is 2.41. The fourth-order valence-electron chi connectivity index (χ4n) is 2.27. The molecule has 0 radical (unpaired) electrons. The molecule has 2 aromatic rings. The normalized spacial score (nSPS) is 13.2. The van der Waals surface area contributed by atoms with Gasteiger partial charge in [-0.15, -0.1) is 0 Å². The van der Waals surface area contributed by atoms with Crippen LogP contribution in [-0.4, -0.2) is 6.18 Å². The smallest absolute Gasteiger partial charge is 0.170 e. The van der Waals surface area contributed by atoms with Crippen molar-refractivity contribution in [2.45, 2.75) is 31.9 Å². The molecule has 0 bridgehead atoms. The van der Waals surface area contributed by atoms with Crippen molar-refractivity contribution in [2.24, 2.45) is 0 Å². The van der Waals surface area contributed by atoms with Gasteiger partial charge in [-0.05, 0) is 30.9 Å². The third-order valence-electron chi connectivity index (χ3n) is 3.44. The summed E-state index contributed by atoms with van der Waals surface area (Å²) in [4.78, 5) is 0. The molecule has 0 heterocycles. The van der Waals surface area contributed by atoms with E-state index in [4.69, 9.17) is 0 Å². The van der Waals surface area contributed by atoms with Gasteiger partial charge in [0.15, 0.2) is 0 Å². The largest absolute Gasteiger partial charge is 0.395 e. The van der Waals surface area contributed by atoms with Crippen molar-refractivity contribution >= 4 is 0 Å².